The average Bonchev–Trinajstić information content (AvgIpc) is 3.63. The Morgan fingerprint density at radius 3 is 1.89 bits per heavy atom. The summed E-state index contributed by atoms with van der Waals surface area (Å²) in [5, 5.41) is 30.2. The van der Waals surface area contributed by atoms with Crippen molar-refractivity contribution < 1.29 is 9.59 Å². The standard InChI is InChI=1S/C37H39N5O2S/c1-3-5-7-16-24-41(25-17-8-6-4-2)34-23-22-31(45-34)19-13-11-9-10-12-18-29(26-38)35(30(27-39)28-40)42-36(43)32-20-14-15-21-33(32)37(42)44/h9-15,18-23H,3-8,16-17,24-25H2,1-2H3/b11-9+,12-10+,19-13+,29-18+. The van der Waals surface area contributed by atoms with Crippen LogP contribution in [-0.2, 0) is 0 Å². The van der Waals surface area contributed by atoms with Gasteiger partial charge in [0.25, 0.3) is 11.8 Å². The highest BCUT2D eigenvalue weighted by atomic mass is 32.1. The van der Waals surface area contributed by atoms with Gasteiger partial charge in [-0.15, -0.1) is 11.3 Å². The molecule has 0 fully saturated rings. The lowest BCUT2D eigenvalue weighted by molar-refractivity contribution is 0.0707. The Labute approximate surface area is 271 Å². The third kappa shape index (κ3) is 9.51. The maximum Gasteiger partial charge on any atom is 0.266 e. The fourth-order valence-electron chi connectivity index (χ4n) is 4.95. The van der Waals surface area contributed by atoms with Crippen molar-refractivity contribution in [2.75, 3.05) is 18.0 Å². The molecule has 0 unspecified atom stereocenters. The zero-order valence-electron chi connectivity index (χ0n) is 26.0. The topological polar surface area (TPSA) is 112 Å². The van der Waals surface area contributed by atoms with E-state index in [1.165, 1.54) is 74.6 Å². The van der Waals surface area contributed by atoms with Gasteiger partial charge in [-0.1, -0.05) is 94.9 Å². The van der Waals surface area contributed by atoms with Gasteiger partial charge in [0, 0.05) is 18.0 Å². The molecule has 1 aliphatic rings. The minimum atomic E-state index is -0.684. The molecule has 0 N–H and O–H groups in total. The zero-order chi connectivity index (χ0) is 32.4. The fourth-order valence-corrected chi connectivity index (χ4v) is 5.92. The maximum absolute atomic E-state index is 13.0. The van der Waals surface area contributed by atoms with E-state index in [9.17, 15) is 25.4 Å². The largest absolute Gasteiger partial charge is 0.363 e. The van der Waals surface area contributed by atoms with Crippen LogP contribution in [0.15, 0.2) is 89.7 Å². The van der Waals surface area contributed by atoms with Crippen molar-refractivity contribution in [2.45, 2.75) is 65.2 Å². The minimum Gasteiger partial charge on any atom is -0.363 e. The maximum atomic E-state index is 13.0. The molecule has 7 nitrogen and oxygen atoms in total. The molecule has 1 aliphatic heterocycles. The number of carbonyl (C=O) groups is 2. The van der Waals surface area contributed by atoms with Crippen molar-refractivity contribution in [3.05, 3.63) is 106 Å². The van der Waals surface area contributed by atoms with Crippen molar-refractivity contribution in [1.29, 1.82) is 15.8 Å². The van der Waals surface area contributed by atoms with Crippen LogP contribution in [0.25, 0.3) is 6.08 Å². The lowest BCUT2D eigenvalue weighted by Crippen LogP contribution is -2.30. The second-order valence-corrected chi connectivity index (χ2v) is 11.6. The van der Waals surface area contributed by atoms with Crippen molar-refractivity contribution in [2.24, 2.45) is 0 Å². The fraction of sp³-hybridized carbons (Fsp3) is 0.324. The van der Waals surface area contributed by atoms with Crippen LogP contribution < -0.4 is 4.90 Å². The Kier molecular flexibility index (Phi) is 14.3. The van der Waals surface area contributed by atoms with Gasteiger partial charge in [-0.2, -0.15) is 15.8 Å². The Bertz CT molecular complexity index is 1560. The van der Waals surface area contributed by atoms with Gasteiger partial charge in [0.1, 0.15) is 18.2 Å². The monoisotopic (exact) mass is 617 g/mol. The number of allylic oxidation sites excluding steroid dienone is 8. The number of fused-ring (bicyclic) bond motifs is 1. The van der Waals surface area contributed by atoms with Gasteiger partial charge in [-0.25, -0.2) is 4.90 Å². The molecule has 2 heterocycles. The molecule has 230 valence electrons. The van der Waals surface area contributed by atoms with E-state index < -0.39 is 17.4 Å². The van der Waals surface area contributed by atoms with E-state index in [1.807, 2.05) is 18.2 Å². The molecule has 0 aliphatic carbocycles. The Morgan fingerprint density at radius 2 is 1.33 bits per heavy atom. The summed E-state index contributed by atoms with van der Waals surface area (Å²) in [5.41, 5.74) is -0.659. The number of nitriles is 3. The normalized spacial score (nSPS) is 13.0. The number of hydrogen-bond acceptors (Lipinski definition) is 7. The Morgan fingerprint density at radius 1 is 0.756 bits per heavy atom. The van der Waals surface area contributed by atoms with Crippen LogP contribution in [0.4, 0.5) is 5.00 Å². The molecule has 0 saturated heterocycles. The summed E-state index contributed by atoms with van der Waals surface area (Å²) in [6, 6.07) is 15.9. The molecule has 2 aromatic rings. The molecule has 0 spiro atoms. The number of carbonyl (C=O) groups excluding carboxylic acids is 2. The SMILES string of the molecule is CCCCCCN(CCCCCC)c1ccc(/C=C/C=C/C=C/C=C(\C#N)C(=C(C#N)C#N)N2C(=O)c3ccccc3C2=O)s1. The summed E-state index contributed by atoms with van der Waals surface area (Å²) in [6.07, 6.45) is 22.3. The van der Waals surface area contributed by atoms with Gasteiger partial charge in [0.05, 0.1) is 27.4 Å². The predicted octanol–water partition coefficient (Wildman–Crippen LogP) is 8.89. The van der Waals surface area contributed by atoms with Crippen LogP contribution >= 0.6 is 11.3 Å². The van der Waals surface area contributed by atoms with Crippen molar-refractivity contribution >= 4 is 34.2 Å². The van der Waals surface area contributed by atoms with E-state index in [0.717, 1.165) is 22.9 Å². The van der Waals surface area contributed by atoms with Crippen molar-refractivity contribution in [3.8, 4) is 18.2 Å². The first-order valence-corrected chi connectivity index (χ1v) is 16.3. The number of amides is 2. The Hall–Kier alpha value is -4.97. The van der Waals surface area contributed by atoms with Gasteiger partial charge in [0.15, 0.2) is 5.57 Å². The Balaban J connectivity index is 1.69. The third-order valence-corrected chi connectivity index (χ3v) is 8.42. The van der Waals surface area contributed by atoms with E-state index in [2.05, 4.69) is 37.0 Å². The number of rotatable bonds is 17. The second kappa shape index (κ2) is 18.6. The smallest absolute Gasteiger partial charge is 0.266 e. The van der Waals surface area contributed by atoms with Crippen LogP contribution in [0.5, 0.6) is 0 Å². The lowest BCUT2D eigenvalue weighted by atomic mass is 10.1. The summed E-state index contributed by atoms with van der Waals surface area (Å²) in [7, 11) is 0. The first-order valence-electron chi connectivity index (χ1n) is 15.5. The quantitative estimate of drug-likeness (QED) is 0.0758. The molecular formula is C37H39N5O2S. The number of hydrogen-bond donors (Lipinski definition) is 0. The molecule has 0 bridgehead atoms. The van der Waals surface area contributed by atoms with E-state index >= 15 is 0 Å². The predicted molar refractivity (Wildman–Crippen MR) is 181 cm³/mol. The highest BCUT2D eigenvalue weighted by Gasteiger charge is 2.40. The number of anilines is 1. The van der Waals surface area contributed by atoms with E-state index in [0.29, 0.717) is 0 Å². The van der Waals surface area contributed by atoms with Crippen LogP contribution in [0.2, 0.25) is 0 Å². The van der Waals surface area contributed by atoms with Crippen LogP contribution in [0, 0.1) is 34.0 Å². The number of benzene rings is 1. The number of nitrogens with zero attached hydrogens (tertiary/aromatic N) is 5. The summed E-state index contributed by atoms with van der Waals surface area (Å²) < 4.78 is 0. The molecule has 0 atom stereocenters. The molecule has 2 amide bonds. The summed E-state index contributed by atoms with van der Waals surface area (Å²) in [4.78, 5) is 30.5. The van der Waals surface area contributed by atoms with Gasteiger partial charge in [0.2, 0.25) is 0 Å². The van der Waals surface area contributed by atoms with Crippen molar-refractivity contribution in [3.63, 3.8) is 0 Å². The van der Waals surface area contributed by atoms with Gasteiger partial charge >= 0.3 is 0 Å². The van der Waals surface area contributed by atoms with Gasteiger partial charge < -0.3 is 4.90 Å². The molecule has 1 aromatic carbocycles. The summed E-state index contributed by atoms with van der Waals surface area (Å²) in [5.74, 6) is -1.37. The van der Waals surface area contributed by atoms with Crippen molar-refractivity contribution in [1.82, 2.24) is 4.90 Å². The first-order chi connectivity index (χ1) is 22.0. The van der Waals surface area contributed by atoms with Crippen LogP contribution in [-0.4, -0.2) is 29.8 Å². The van der Waals surface area contributed by atoms with Crippen LogP contribution in [0.1, 0.15) is 90.8 Å². The molecule has 3 rings (SSSR count). The average molecular weight is 618 g/mol. The van der Waals surface area contributed by atoms with Gasteiger partial charge in [-0.3, -0.25) is 9.59 Å². The minimum absolute atomic E-state index is 0.150. The van der Waals surface area contributed by atoms with E-state index in [-0.39, 0.29) is 22.4 Å². The summed E-state index contributed by atoms with van der Waals surface area (Å²) in [6.45, 7) is 6.66. The molecular weight excluding hydrogens is 579 g/mol. The summed E-state index contributed by atoms with van der Waals surface area (Å²) >= 11 is 1.79. The first kappa shape index (κ1) is 34.5. The number of unbranched alkanes of at least 4 members (excludes halogenated alkanes) is 6. The number of imide groups is 1. The molecule has 1 aromatic heterocycles. The molecule has 0 radical (unpaired) electrons. The third-order valence-electron chi connectivity index (χ3n) is 7.31. The van der Waals surface area contributed by atoms with E-state index in [1.54, 1.807) is 53.8 Å². The second-order valence-electron chi connectivity index (χ2n) is 10.5. The zero-order valence-corrected chi connectivity index (χ0v) is 26.9. The molecule has 8 heteroatoms. The number of thiophene rings is 1. The van der Waals surface area contributed by atoms with Gasteiger partial charge in [-0.05, 0) is 49.3 Å². The molecule has 0 saturated carbocycles. The molecule has 45 heavy (non-hydrogen) atoms. The lowest BCUT2D eigenvalue weighted by Gasteiger charge is -2.23. The highest BCUT2D eigenvalue weighted by molar-refractivity contribution is 7.16. The van der Waals surface area contributed by atoms with E-state index in [4.69, 9.17) is 0 Å². The van der Waals surface area contributed by atoms with Crippen LogP contribution in [0.3, 0.4) is 0 Å². The highest BCUT2D eigenvalue weighted by Crippen LogP contribution is 2.31.